The first-order chi connectivity index (χ1) is 13.0. The molecule has 2 fully saturated rings. The van der Waals surface area contributed by atoms with Crippen molar-refractivity contribution in [3.63, 3.8) is 0 Å². The molecule has 27 heavy (non-hydrogen) atoms. The number of piperidine rings is 1. The number of amides is 1. The number of pyridine rings is 1. The Kier molecular flexibility index (Phi) is 4.63. The Morgan fingerprint density at radius 3 is 2.85 bits per heavy atom. The van der Waals surface area contributed by atoms with Crippen LogP contribution in [0.5, 0.6) is 5.88 Å². The van der Waals surface area contributed by atoms with Gasteiger partial charge in [0.05, 0.1) is 19.3 Å². The average Bonchev–Trinajstić information content (AvgIpc) is 3.30. The lowest BCUT2D eigenvalue weighted by molar-refractivity contribution is -0.122. The van der Waals surface area contributed by atoms with Crippen LogP contribution < -0.4 is 9.64 Å². The number of aromatic nitrogens is 3. The number of nitrogens with zero attached hydrogens (tertiary/aromatic N) is 4. The van der Waals surface area contributed by atoms with E-state index < -0.39 is 0 Å². The van der Waals surface area contributed by atoms with Crippen molar-refractivity contribution in [1.82, 2.24) is 20.1 Å². The van der Waals surface area contributed by atoms with Crippen LogP contribution in [0.1, 0.15) is 33.1 Å². The second-order valence-electron chi connectivity index (χ2n) is 8.25. The molecule has 144 valence electrons. The third-order valence-electron chi connectivity index (χ3n) is 5.67. The van der Waals surface area contributed by atoms with Gasteiger partial charge in [-0.15, -0.1) is 0 Å². The van der Waals surface area contributed by atoms with E-state index >= 15 is 0 Å². The molecule has 0 saturated carbocycles. The van der Waals surface area contributed by atoms with Gasteiger partial charge in [0.1, 0.15) is 5.82 Å². The lowest BCUT2D eigenvalue weighted by atomic mass is 9.83. The van der Waals surface area contributed by atoms with Gasteiger partial charge in [0.2, 0.25) is 11.8 Å². The predicted octanol–water partition coefficient (Wildman–Crippen LogP) is 2.71. The minimum atomic E-state index is -0.0362. The predicted molar refractivity (Wildman–Crippen MR) is 104 cm³/mol. The van der Waals surface area contributed by atoms with Gasteiger partial charge in [-0.2, -0.15) is 10.1 Å². The molecule has 0 aliphatic carbocycles. The van der Waals surface area contributed by atoms with Crippen molar-refractivity contribution < 1.29 is 9.53 Å². The highest BCUT2D eigenvalue weighted by atomic mass is 16.5. The zero-order valence-electron chi connectivity index (χ0n) is 16.2. The van der Waals surface area contributed by atoms with Gasteiger partial charge in [-0.05, 0) is 43.4 Å². The minimum absolute atomic E-state index is 0.0362. The van der Waals surface area contributed by atoms with E-state index in [4.69, 9.17) is 4.74 Å². The summed E-state index contributed by atoms with van der Waals surface area (Å²) in [6.45, 7) is 7.26. The summed E-state index contributed by atoms with van der Waals surface area (Å²) in [5.41, 5.74) is 2.04. The molecule has 7 heteroatoms. The van der Waals surface area contributed by atoms with E-state index in [-0.39, 0.29) is 17.4 Å². The Balaban J connectivity index is 1.55. The summed E-state index contributed by atoms with van der Waals surface area (Å²) in [6, 6.07) is 3.80. The number of ether oxygens (including phenoxy) is 1. The maximum Gasteiger partial charge on any atom is 0.245 e. The fourth-order valence-electron chi connectivity index (χ4n) is 4.32. The van der Waals surface area contributed by atoms with Crippen LogP contribution in [0.4, 0.5) is 5.82 Å². The minimum Gasteiger partial charge on any atom is -0.480 e. The Morgan fingerprint density at radius 2 is 2.15 bits per heavy atom. The smallest absolute Gasteiger partial charge is 0.245 e. The summed E-state index contributed by atoms with van der Waals surface area (Å²) in [7, 11) is 1.60. The molecule has 4 heterocycles. The van der Waals surface area contributed by atoms with Crippen molar-refractivity contribution in [1.29, 1.82) is 0 Å². The molecule has 2 aliphatic heterocycles. The van der Waals surface area contributed by atoms with E-state index in [1.165, 1.54) is 6.42 Å². The van der Waals surface area contributed by atoms with Crippen molar-refractivity contribution in [2.45, 2.75) is 39.2 Å². The van der Waals surface area contributed by atoms with Gasteiger partial charge < -0.3 is 4.74 Å². The molecule has 0 spiro atoms. The van der Waals surface area contributed by atoms with Crippen molar-refractivity contribution in [2.24, 2.45) is 5.41 Å². The fraction of sp³-hybridized carbons (Fsp3) is 0.550. The van der Waals surface area contributed by atoms with E-state index in [1.807, 2.05) is 12.1 Å². The summed E-state index contributed by atoms with van der Waals surface area (Å²) >= 11 is 0. The van der Waals surface area contributed by atoms with E-state index in [0.717, 1.165) is 37.1 Å². The standard InChI is InChI=1S/C20H27N5O2/c1-20(2)8-4-9-24(13-20)16-7-10-25(19(16)26)17-6-5-15(18(23-17)27-3)14-11-21-22-12-14/h5-6,11-12,16H,4,7-10,13H2,1-3H3,(H,21,22). The highest BCUT2D eigenvalue weighted by Gasteiger charge is 2.40. The van der Waals surface area contributed by atoms with Gasteiger partial charge in [-0.1, -0.05) is 13.8 Å². The van der Waals surface area contributed by atoms with E-state index in [9.17, 15) is 4.79 Å². The molecule has 2 saturated heterocycles. The molecule has 2 aromatic rings. The zero-order valence-corrected chi connectivity index (χ0v) is 16.2. The van der Waals surface area contributed by atoms with Crippen LogP contribution in [-0.4, -0.2) is 58.8 Å². The maximum atomic E-state index is 13.1. The second-order valence-corrected chi connectivity index (χ2v) is 8.25. The number of H-pyrrole nitrogens is 1. The number of carbonyl (C=O) groups excluding carboxylic acids is 1. The van der Waals surface area contributed by atoms with Crippen molar-refractivity contribution in [2.75, 3.05) is 31.6 Å². The van der Waals surface area contributed by atoms with Gasteiger partial charge in [0.25, 0.3) is 0 Å². The lowest BCUT2D eigenvalue weighted by Gasteiger charge is -2.40. The van der Waals surface area contributed by atoms with Crippen LogP contribution in [-0.2, 0) is 4.79 Å². The van der Waals surface area contributed by atoms with Crippen LogP contribution in [0, 0.1) is 5.41 Å². The Bertz CT molecular complexity index is 818. The largest absolute Gasteiger partial charge is 0.480 e. The molecule has 1 atom stereocenters. The summed E-state index contributed by atoms with van der Waals surface area (Å²) in [6.07, 6.45) is 6.76. The van der Waals surface area contributed by atoms with Crippen molar-refractivity contribution in [3.8, 4) is 17.0 Å². The monoisotopic (exact) mass is 369 g/mol. The van der Waals surface area contributed by atoms with Crippen LogP contribution in [0.15, 0.2) is 24.5 Å². The molecule has 1 amide bonds. The molecule has 7 nitrogen and oxygen atoms in total. The quantitative estimate of drug-likeness (QED) is 0.897. The molecule has 0 bridgehead atoms. The summed E-state index contributed by atoms with van der Waals surface area (Å²) in [5, 5.41) is 6.78. The molecule has 2 aromatic heterocycles. The third-order valence-corrected chi connectivity index (χ3v) is 5.67. The van der Waals surface area contributed by atoms with Crippen molar-refractivity contribution in [3.05, 3.63) is 24.5 Å². The first kappa shape index (κ1) is 18.0. The van der Waals surface area contributed by atoms with Crippen LogP contribution >= 0.6 is 0 Å². The Morgan fingerprint density at radius 1 is 1.30 bits per heavy atom. The van der Waals surface area contributed by atoms with Gasteiger partial charge in [0.15, 0.2) is 0 Å². The van der Waals surface area contributed by atoms with Gasteiger partial charge in [-0.25, -0.2) is 0 Å². The topological polar surface area (TPSA) is 74.3 Å². The summed E-state index contributed by atoms with van der Waals surface area (Å²) in [4.78, 5) is 21.9. The van der Waals surface area contributed by atoms with E-state index in [0.29, 0.717) is 18.2 Å². The Labute approximate surface area is 159 Å². The normalized spacial score (nSPS) is 23.0. The van der Waals surface area contributed by atoms with Crippen LogP contribution in [0.3, 0.4) is 0 Å². The van der Waals surface area contributed by atoms with Gasteiger partial charge in [0, 0.05) is 30.4 Å². The first-order valence-corrected chi connectivity index (χ1v) is 9.58. The lowest BCUT2D eigenvalue weighted by Crippen LogP contribution is -2.49. The number of carbonyl (C=O) groups is 1. The number of hydrogen-bond donors (Lipinski definition) is 1. The van der Waals surface area contributed by atoms with E-state index in [1.54, 1.807) is 24.4 Å². The number of nitrogens with one attached hydrogen (secondary N) is 1. The highest BCUT2D eigenvalue weighted by molar-refractivity contribution is 5.99. The molecule has 0 radical (unpaired) electrons. The average molecular weight is 369 g/mol. The maximum absolute atomic E-state index is 13.1. The molecular formula is C20H27N5O2. The number of anilines is 1. The first-order valence-electron chi connectivity index (χ1n) is 9.58. The molecular weight excluding hydrogens is 342 g/mol. The zero-order chi connectivity index (χ0) is 19.0. The summed E-state index contributed by atoms with van der Waals surface area (Å²) in [5.74, 6) is 1.31. The van der Waals surface area contributed by atoms with Crippen LogP contribution in [0.25, 0.3) is 11.1 Å². The molecule has 4 rings (SSSR count). The highest BCUT2D eigenvalue weighted by Crippen LogP contribution is 2.34. The van der Waals surface area contributed by atoms with Crippen molar-refractivity contribution >= 4 is 11.7 Å². The molecule has 2 aliphatic rings. The number of aromatic amines is 1. The fourth-order valence-corrected chi connectivity index (χ4v) is 4.32. The SMILES string of the molecule is COc1nc(N2CCC(N3CCCC(C)(C)C3)C2=O)ccc1-c1cn[nH]c1. The van der Waals surface area contributed by atoms with E-state index in [2.05, 4.69) is 33.9 Å². The molecule has 1 unspecified atom stereocenters. The third kappa shape index (κ3) is 3.43. The summed E-state index contributed by atoms with van der Waals surface area (Å²) < 4.78 is 5.47. The number of rotatable bonds is 4. The molecule has 1 N–H and O–H groups in total. The Hall–Kier alpha value is -2.41. The molecule has 0 aromatic carbocycles. The second kappa shape index (κ2) is 6.96. The number of methoxy groups -OCH3 is 1. The van der Waals surface area contributed by atoms with Crippen LogP contribution in [0.2, 0.25) is 0 Å². The van der Waals surface area contributed by atoms with Gasteiger partial charge in [-0.3, -0.25) is 19.7 Å². The number of hydrogen-bond acceptors (Lipinski definition) is 5. The van der Waals surface area contributed by atoms with Gasteiger partial charge >= 0.3 is 0 Å². The number of likely N-dealkylation sites (tertiary alicyclic amines) is 1.